The van der Waals surface area contributed by atoms with Crippen molar-refractivity contribution in [2.24, 2.45) is 0 Å². The Hall–Kier alpha value is -0.880. The van der Waals surface area contributed by atoms with E-state index in [4.69, 9.17) is 0 Å². The second-order valence-electron chi connectivity index (χ2n) is 4.45. The largest absolute Gasteiger partial charge is 0.525 e. The first-order valence-corrected chi connectivity index (χ1v) is 5.11. The van der Waals surface area contributed by atoms with Gasteiger partial charge in [-0.25, -0.2) is 22.3 Å². The van der Waals surface area contributed by atoms with Crippen LogP contribution >= 0.6 is 0 Å². The van der Waals surface area contributed by atoms with Crippen molar-refractivity contribution in [3.8, 4) is 0 Å². The van der Waals surface area contributed by atoms with Gasteiger partial charge < -0.3 is 0 Å². The lowest BCUT2D eigenvalue weighted by molar-refractivity contribution is -0.482. The first-order chi connectivity index (χ1) is 9.27. The molecule has 0 aliphatic rings. The van der Waals surface area contributed by atoms with E-state index < -0.39 is 56.2 Å². The third-order valence-corrected chi connectivity index (χ3v) is 2.67. The van der Waals surface area contributed by atoms with Crippen LogP contribution in [0.15, 0.2) is 0 Å². The van der Waals surface area contributed by atoms with Gasteiger partial charge in [-0.2, -0.15) is 22.0 Å². The summed E-state index contributed by atoms with van der Waals surface area (Å²) >= 11 is 0. The number of rotatable bonds is 6. The molecule has 0 aromatic rings. The molecule has 134 valence electrons. The normalized spacial score (nSPS) is 20.5. The van der Waals surface area contributed by atoms with Gasteiger partial charge in [0.2, 0.25) is 5.67 Å². The first-order valence-electron chi connectivity index (χ1n) is 5.11. The molecule has 0 aliphatic heterocycles. The average molecular weight is 360 g/mol. The molecule has 0 saturated carbocycles. The lowest BCUT2D eigenvalue weighted by Crippen LogP contribution is -2.71. The minimum Gasteiger partial charge on any atom is -0.244 e. The Labute approximate surface area is 115 Å². The standard InChI is InChI=1S/C9H8F12O/c1-4(11,6(14,15)3-10)7(16,17)8(18,5(2,12)13)22-9(19,20)21/h3H2,1-2H3. The van der Waals surface area contributed by atoms with Crippen molar-refractivity contribution in [2.45, 2.75) is 49.5 Å². The quantitative estimate of drug-likeness (QED) is 0.618. The lowest BCUT2D eigenvalue weighted by Gasteiger charge is -2.44. The zero-order valence-electron chi connectivity index (χ0n) is 10.7. The van der Waals surface area contributed by atoms with Gasteiger partial charge in [-0.15, -0.1) is 13.2 Å². The molecule has 1 nitrogen and oxygen atoms in total. The molecule has 13 heteroatoms. The molecule has 22 heavy (non-hydrogen) atoms. The van der Waals surface area contributed by atoms with Crippen LogP contribution in [0.3, 0.4) is 0 Å². The molecule has 0 aromatic heterocycles. The topological polar surface area (TPSA) is 9.23 Å². The van der Waals surface area contributed by atoms with E-state index in [1.807, 2.05) is 4.74 Å². The van der Waals surface area contributed by atoms with Crippen LogP contribution < -0.4 is 0 Å². The summed E-state index contributed by atoms with van der Waals surface area (Å²) in [5, 5.41) is 0. The molecule has 0 heterocycles. The summed E-state index contributed by atoms with van der Waals surface area (Å²) in [4.78, 5) is 0. The van der Waals surface area contributed by atoms with Crippen molar-refractivity contribution in [1.82, 2.24) is 0 Å². The Bertz CT molecular complexity index is 394. The minimum atomic E-state index is -6.79. The predicted octanol–water partition coefficient (Wildman–Crippen LogP) is 4.81. The Kier molecular flexibility index (Phi) is 5.12. The molecule has 0 radical (unpaired) electrons. The highest BCUT2D eigenvalue weighted by atomic mass is 19.4. The number of halogens is 12. The summed E-state index contributed by atoms with van der Waals surface area (Å²) in [6, 6.07) is 0. The van der Waals surface area contributed by atoms with Gasteiger partial charge in [-0.05, 0) is 6.92 Å². The fourth-order valence-corrected chi connectivity index (χ4v) is 1.25. The Balaban J connectivity index is 6.26. The fourth-order valence-electron chi connectivity index (χ4n) is 1.25. The highest BCUT2D eigenvalue weighted by Crippen LogP contribution is 2.57. The molecule has 0 saturated heterocycles. The summed E-state index contributed by atoms with van der Waals surface area (Å²) < 4.78 is 155. The van der Waals surface area contributed by atoms with Crippen molar-refractivity contribution < 1.29 is 57.4 Å². The summed E-state index contributed by atoms with van der Waals surface area (Å²) in [6.07, 6.45) is -6.50. The van der Waals surface area contributed by atoms with Crippen molar-refractivity contribution in [3.63, 3.8) is 0 Å². The molecule has 0 fully saturated rings. The number of ether oxygens (including phenoxy) is 1. The minimum absolute atomic E-state index is 0.879. The molecule has 0 bridgehead atoms. The van der Waals surface area contributed by atoms with E-state index in [1.54, 1.807) is 0 Å². The van der Waals surface area contributed by atoms with Crippen LogP contribution in [0, 0.1) is 0 Å². The highest BCUT2D eigenvalue weighted by molar-refractivity contribution is 5.11. The second-order valence-corrected chi connectivity index (χ2v) is 4.45. The summed E-state index contributed by atoms with van der Waals surface area (Å²) in [6.45, 7) is -5.02. The van der Waals surface area contributed by atoms with Crippen LogP contribution in [-0.2, 0) is 4.74 Å². The zero-order valence-corrected chi connectivity index (χ0v) is 10.7. The monoisotopic (exact) mass is 360 g/mol. The Morgan fingerprint density at radius 2 is 1.09 bits per heavy atom. The molecule has 2 unspecified atom stereocenters. The zero-order chi connectivity index (χ0) is 18.4. The second kappa shape index (κ2) is 5.34. The van der Waals surface area contributed by atoms with Gasteiger partial charge in [0.25, 0.3) is 0 Å². The number of alkyl halides is 12. The van der Waals surface area contributed by atoms with Crippen molar-refractivity contribution in [1.29, 1.82) is 0 Å². The van der Waals surface area contributed by atoms with E-state index in [0.29, 0.717) is 0 Å². The van der Waals surface area contributed by atoms with Gasteiger partial charge in [-0.1, -0.05) is 0 Å². The molecular formula is C9H8F12O. The number of hydrogen-bond donors (Lipinski definition) is 0. The fraction of sp³-hybridized carbons (Fsp3) is 1.00. The molecule has 0 amide bonds. The van der Waals surface area contributed by atoms with Crippen LogP contribution in [0.4, 0.5) is 52.7 Å². The van der Waals surface area contributed by atoms with Crippen molar-refractivity contribution in [3.05, 3.63) is 0 Å². The molecule has 0 aliphatic carbocycles. The van der Waals surface area contributed by atoms with Gasteiger partial charge >= 0.3 is 30.0 Å². The van der Waals surface area contributed by atoms with E-state index >= 15 is 0 Å². The Morgan fingerprint density at radius 1 is 0.727 bits per heavy atom. The number of hydrogen-bond acceptors (Lipinski definition) is 1. The highest BCUT2D eigenvalue weighted by Gasteiger charge is 2.83. The lowest BCUT2D eigenvalue weighted by atomic mass is 9.85. The van der Waals surface area contributed by atoms with Crippen LogP contribution in [0.1, 0.15) is 13.8 Å². The van der Waals surface area contributed by atoms with Crippen LogP contribution in [0.25, 0.3) is 0 Å². The van der Waals surface area contributed by atoms with Crippen LogP contribution in [0.5, 0.6) is 0 Å². The van der Waals surface area contributed by atoms with E-state index in [0.717, 1.165) is 0 Å². The summed E-state index contributed by atoms with van der Waals surface area (Å²) in [5.41, 5.74) is -5.77. The molecule has 2 atom stereocenters. The molecule has 0 aromatic carbocycles. The van der Waals surface area contributed by atoms with Gasteiger partial charge in [0, 0.05) is 6.92 Å². The van der Waals surface area contributed by atoms with E-state index in [-0.39, 0.29) is 0 Å². The van der Waals surface area contributed by atoms with E-state index in [1.165, 1.54) is 0 Å². The van der Waals surface area contributed by atoms with Crippen LogP contribution in [0.2, 0.25) is 0 Å². The third-order valence-electron chi connectivity index (χ3n) is 2.67. The molecular weight excluding hydrogens is 352 g/mol. The summed E-state index contributed by atoms with van der Waals surface area (Å²) in [5.74, 6) is -24.9. The van der Waals surface area contributed by atoms with E-state index in [2.05, 4.69) is 0 Å². The maximum Gasteiger partial charge on any atom is 0.525 e. The van der Waals surface area contributed by atoms with Crippen molar-refractivity contribution in [2.75, 3.05) is 6.67 Å². The summed E-state index contributed by atoms with van der Waals surface area (Å²) in [7, 11) is 0. The predicted molar refractivity (Wildman–Crippen MR) is 47.0 cm³/mol. The van der Waals surface area contributed by atoms with Crippen molar-refractivity contribution >= 4 is 0 Å². The first kappa shape index (κ1) is 21.1. The van der Waals surface area contributed by atoms with Crippen LogP contribution in [-0.4, -0.2) is 42.3 Å². The Morgan fingerprint density at radius 3 is 1.32 bits per heavy atom. The maximum absolute atomic E-state index is 13.6. The van der Waals surface area contributed by atoms with Gasteiger partial charge in [0.1, 0.15) is 0 Å². The van der Waals surface area contributed by atoms with Gasteiger partial charge in [0.05, 0.1) is 0 Å². The average Bonchev–Trinajstić information content (AvgIpc) is 2.24. The van der Waals surface area contributed by atoms with Gasteiger partial charge in [0.15, 0.2) is 6.67 Å². The maximum atomic E-state index is 13.6. The molecule has 0 rings (SSSR count). The smallest absolute Gasteiger partial charge is 0.244 e. The molecule has 0 spiro atoms. The third kappa shape index (κ3) is 3.23. The molecule has 0 N–H and O–H groups in total. The SMILES string of the molecule is CC(F)(F)C(F)(OC(F)(F)F)C(F)(F)C(C)(F)C(F)(F)CF. The van der Waals surface area contributed by atoms with Gasteiger partial charge in [-0.3, -0.25) is 0 Å². The van der Waals surface area contributed by atoms with E-state index in [9.17, 15) is 52.7 Å².